The first kappa shape index (κ1) is 13.0. The molecule has 5 nitrogen and oxygen atoms in total. The van der Waals surface area contributed by atoms with Crippen LogP contribution in [-0.4, -0.2) is 43.2 Å². The van der Waals surface area contributed by atoms with Crippen LogP contribution in [-0.2, 0) is 4.74 Å². The van der Waals surface area contributed by atoms with E-state index in [0.717, 1.165) is 24.0 Å². The normalized spacial score (nSPS) is 22.1. The van der Waals surface area contributed by atoms with Crippen LogP contribution in [0.25, 0.3) is 10.9 Å². The Balaban J connectivity index is 1.86. The fourth-order valence-corrected chi connectivity index (χ4v) is 2.59. The number of hydrogen-bond acceptors (Lipinski definition) is 4. The highest BCUT2D eigenvalue weighted by Crippen LogP contribution is 2.16. The molecule has 1 fully saturated rings. The summed E-state index contributed by atoms with van der Waals surface area (Å²) in [5, 5.41) is 7.12. The number of para-hydroxylation sites is 1. The summed E-state index contributed by atoms with van der Waals surface area (Å²) in [4.78, 5) is 16.7. The summed E-state index contributed by atoms with van der Waals surface area (Å²) < 4.78 is 5.36. The number of carbonyl (C=O) groups excluding carboxylic acids is 1. The molecule has 2 heterocycles. The smallest absolute Gasteiger partial charge is 0.252 e. The van der Waals surface area contributed by atoms with Crippen molar-refractivity contribution < 1.29 is 9.53 Å². The highest BCUT2D eigenvalue weighted by molar-refractivity contribution is 6.06. The van der Waals surface area contributed by atoms with E-state index in [4.69, 9.17) is 4.74 Å². The zero-order valence-corrected chi connectivity index (χ0v) is 11.3. The highest BCUT2D eigenvalue weighted by atomic mass is 16.5. The average Bonchev–Trinajstić information content (AvgIpc) is 2.93. The second kappa shape index (κ2) is 5.56. The van der Waals surface area contributed by atoms with Gasteiger partial charge in [0.1, 0.15) is 0 Å². The summed E-state index contributed by atoms with van der Waals surface area (Å²) >= 11 is 0. The number of nitrogens with zero attached hydrogens (tertiary/aromatic N) is 1. The molecule has 1 amide bonds. The van der Waals surface area contributed by atoms with E-state index in [1.165, 1.54) is 0 Å². The molecule has 1 unspecified atom stereocenters. The fraction of sp³-hybridized carbons (Fsp3) is 0.333. The lowest BCUT2D eigenvalue weighted by atomic mass is 10.1. The number of benzene rings is 1. The van der Waals surface area contributed by atoms with Crippen molar-refractivity contribution >= 4 is 16.8 Å². The fourth-order valence-electron chi connectivity index (χ4n) is 2.59. The lowest BCUT2D eigenvalue weighted by Gasteiger charge is -2.19. The molecule has 2 aromatic rings. The Hall–Kier alpha value is -1.98. The van der Waals surface area contributed by atoms with E-state index in [-0.39, 0.29) is 18.1 Å². The molecule has 5 heteroatoms. The third-order valence-electron chi connectivity index (χ3n) is 3.67. The lowest BCUT2D eigenvalue weighted by Crippen LogP contribution is -2.43. The maximum atomic E-state index is 12.5. The molecule has 1 aromatic heterocycles. The third kappa shape index (κ3) is 2.37. The van der Waals surface area contributed by atoms with Gasteiger partial charge in [0.25, 0.3) is 5.91 Å². The van der Waals surface area contributed by atoms with Crippen LogP contribution in [0.4, 0.5) is 0 Å². The SMILES string of the molecule is CO[C@H]1CNCC1NC(=O)c1ccnc2ccccc12. The number of amides is 1. The van der Waals surface area contributed by atoms with E-state index in [1.807, 2.05) is 24.3 Å². The molecule has 2 N–H and O–H groups in total. The minimum Gasteiger partial charge on any atom is -0.378 e. The molecule has 1 aromatic carbocycles. The average molecular weight is 271 g/mol. The maximum absolute atomic E-state index is 12.5. The van der Waals surface area contributed by atoms with Gasteiger partial charge in [-0.15, -0.1) is 0 Å². The number of pyridine rings is 1. The molecule has 3 rings (SSSR count). The van der Waals surface area contributed by atoms with Crippen molar-refractivity contribution in [3.8, 4) is 0 Å². The van der Waals surface area contributed by atoms with Crippen LogP contribution in [0.15, 0.2) is 36.5 Å². The van der Waals surface area contributed by atoms with Gasteiger partial charge in [-0.25, -0.2) is 0 Å². The number of ether oxygens (including phenoxy) is 1. The van der Waals surface area contributed by atoms with Crippen LogP contribution in [0.5, 0.6) is 0 Å². The van der Waals surface area contributed by atoms with Gasteiger partial charge in [-0.2, -0.15) is 0 Å². The summed E-state index contributed by atoms with van der Waals surface area (Å²) in [6, 6.07) is 9.40. The Labute approximate surface area is 117 Å². The van der Waals surface area contributed by atoms with E-state index < -0.39 is 0 Å². The van der Waals surface area contributed by atoms with Crippen LogP contribution in [0.2, 0.25) is 0 Å². The highest BCUT2D eigenvalue weighted by Gasteiger charge is 2.28. The van der Waals surface area contributed by atoms with E-state index in [0.29, 0.717) is 5.56 Å². The Morgan fingerprint density at radius 3 is 3.05 bits per heavy atom. The number of rotatable bonds is 3. The van der Waals surface area contributed by atoms with Crippen molar-refractivity contribution in [1.29, 1.82) is 0 Å². The van der Waals surface area contributed by atoms with Gasteiger partial charge in [-0.3, -0.25) is 9.78 Å². The first-order valence-electron chi connectivity index (χ1n) is 6.67. The number of aromatic nitrogens is 1. The topological polar surface area (TPSA) is 63.2 Å². The molecule has 0 bridgehead atoms. The molecule has 1 aliphatic rings. The van der Waals surface area contributed by atoms with Crippen LogP contribution in [0, 0.1) is 0 Å². The molecule has 0 spiro atoms. The van der Waals surface area contributed by atoms with Crippen molar-refractivity contribution in [3.63, 3.8) is 0 Å². The monoisotopic (exact) mass is 271 g/mol. The quantitative estimate of drug-likeness (QED) is 0.872. The minimum atomic E-state index is -0.0839. The summed E-state index contributed by atoms with van der Waals surface area (Å²) in [6.45, 7) is 1.49. The van der Waals surface area contributed by atoms with E-state index in [2.05, 4.69) is 15.6 Å². The second-order valence-corrected chi connectivity index (χ2v) is 4.89. The van der Waals surface area contributed by atoms with E-state index >= 15 is 0 Å². The Morgan fingerprint density at radius 1 is 1.35 bits per heavy atom. The molecule has 0 aliphatic carbocycles. The molecule has 1 aliphatic heterocycles. The number of nitrogens with one attached hydrogen (secondary N) is 2. The summed E-state index contributed by atoms with van der Waals surface area (Å²) in [5.41, 5.74) is 1.48. The first-order chi connectivity index (χ1) is 9.79. The second-order valence-electron chi connectivity index (χ2n) is 4.89. The Kier molecular flexibility index (Phi) is 3.62. The summed E-state index contributed by atoms with van der Waals surface area (Å²) in [5.74, 6) is -0.0839. The summed E-state index contributed by atoms with van der Waals surface area (Å²) in [6.07, 6.45) is 1.69. The zero-order chi connectivity index (χ0) is 13.9. The zero-order valence-electron chi connectivity index (χ0n) is 11.3. The molecule has 2 atom stereocenters. The van der Waals surface area contributed by atoms with Crippen molar-refractivity contribution in [3.05, 3.63) is 42.1 Å². The molecular weight excluding hydrogens is 254 g/mol. The minimum absolute atomic E-state index is 0.000530. The lowest BCUT2D eigenvalue weighted by molar-refractivity contribution is 0.0781. The van der Waals surface area contributed by atoms with Crippen molar-refractivity contribution in [1.82, 2.24) is 15.6 Å². The standard InChI is InChI=1S/C15H17N3O2/c1-20-14-9-16-8-13(14)18-15(19)11-6-7-17-12-5-3-2-4-10(11)12/h2-7,13-14,16H,8-9H2,1H3,(H,18,19)/t13?,14-/m0/s1. The van der Waals surface area contributed by atoms with Gasteiger partial charge < -0.3 is 15.4 Å². The largest absolute Gasteiger partial charge is 0.378 e. The first-order valence-corrected chi connectivity index (χ1v) is 6.67. The molecule has 20 heavy (non-hydrogen) atoms. The maximum Gasteiger partial charge on any atom is 0.252 e. The Morgan fingerprint density at radius 2 is 2.20 bits per heavy atom. The van der Waals surface area contributed by atoms with Crippen LogP contribution < -0.4 is 10.6 Å². The van der Waals surface area contributed by atoms with Gasteiger partial charge in [-0.1, -0.05) is 18.2 Å². The molecule has 1 saturated heterocycles. The van der Waals surface area contributed by atoms with Crippen LogP contribution in [0.1, 0.15) is 10.4 Å². The van der Waals surface area contributed by atoms with Crippen molar-refractivity contribution in [2.75, 3.05) is 20.2 Å². The number of hydrogen-bond donors (Lipinski definition) is 2. The third-order valence-corrected chi connectivity index (χ3v) is 3.67. The molecule has 104 valence electrons. The number of methoxy groups -OCH3 is 1. The molecule has 0 saturated carbocycles. The van der Waals surface area contributed by atoms with Crippen molar-refractivity contribution in [2.45, 2.75) is 12.1 Å². The molecule has 0 radical (unpaired) electrons. The van der Waals surface area contributed by atoms with E-state index in [1.54, 1.807) is 19.4 Å². The van der Waals surface area contributed by atoms with Gasteiger partial charge in [0.15, 0.2) is 0 Å². The number of fused-ring (bicyclic) bond motifs is 1. The van der Waals surface area contributed by atoms with Crippen LogP contribution >= 0.6 is 0 Å². The van der Waals surface area contributed by atoms with Gasteiger partial charge in [0.05, 0.1) is 23.2 Å². The number of carbonyl (C=O) groups is 1. The predicted molar refractivity (Wildman–Crippen MR) is 76.7 cm³/mol. The summed E-state index contributed by atoms with van der Waals surface area (Å²) in [7, 11) is 1.67. The Bertz CT molecular complexity index is 624. The van der Waals surface area contributed by atoms with E-state index in [9.17, 15) is 4.79 Å². The van der Waals surface area contributed by atoms with Gasteiger partial charge in [0.2, 0.25) is 0 Å². The van der Waals surface area contributed by atoms with Gasteiger partial charge in [0, 0.05) is 31.8 Å². The molecular formula is C15H17N3O2. The van der Waals surface area contributed by atoms with Gasteiger partial charge >= 0.3 is 0 Å². The predicted octanol–water partition coefficient (Wildman–Crippen LogP) is 0.951. The van der Waals surface area contributed by atoms with Gasteiger partial charge in [-0.05, 0) is 12.1 Å². The van der Waals surface area contributed by atoms with Crippen LogP contribution in [0.3, 0.4) is 0 Å². The van der Waals surface area contributed by atoms with Crippen molar-refractivity contribution in [2.24, 2.45) is 0 Å².